The third-order valence-electron chi connectivity index (χ3n) is 10.8. The number of carbonyl (C=O) groups is 3. The van der Waals surface area contributed by atoms with E-state index in [2.05, 4.69) is 19.1 Å². The van der Waals surface area contributed by atoms with E-state index in [-0.39, 0.29) is 24.0 Å². The molecule has 2 aliphatic rings. The molecule has 296 valence electrons. The summed E-state index contributed by atoms with van der Waals surface area (Å²) in [6.45, 7) is 5.09. The second-order valence-corrected chi connectivity index (χ2v) is 15.4. The normalized spacial score (nSPS) is 19.0. The van der Waals surface area contributed by atoms with E-state index in [1.807, 2.05) is 49.4 Å². The molecule has 1 saturated carbocycles. The standard InChI is InChI=1S/C47H66O7/c1-3-4-5-15-22-38(2)53-45(49)42-27-29-43(30-28-42)54-46(50)47(33-31-41(32-34-47)40-25-18-14-19-26-40)52-36-21-12-10-8-6-7-9-11-20-35-51-44(48)37-39-23-16-13-17-24-39/h14,18-19,25-34,38-39,41H,3-13,15-17,20-24,35-37H2,1-2H3. The van der Waals surface area contributed by atoms with Crippen molar-refractivity contribution in [2.24, 2.45) is 5.92 Å². The summed E-state index contributed by atoms with van der Waals surface area (Å²) in [5.41, 5.74) is 0.227. The Labute approximate surface area is 325 Å². The zero-order valence-electron chi connectivity index (χ0n) is 33.2. The van der Waals surface area contributed by atoms with Gasteiger partial charge >= 0.3 is 17.9 Å². The van der Waals surface area contributed by atoms with Gasteiger partial charge in [-0.1, -0.05) is 133 Å². The Kier molecular flexibility index (Phi) is 19.6. The fourth-order valence-corrected chi connectivity index (χ4v) is 7.37. The fourth-order valence-electron chi connectivity index (χ4n) is 7.37. The van der Waals surface area contributed by atoms with Gasteiger partial charge in [-0.05, 0) is 93.3 Å². The highest BCUT2D eigenvalue weighted by atomic mass is 16.6. The Morgan fingerprint density at radius 1 is 0.722 bits per heavy atom. The van der Waals surface area contributed by atoms with Crippen LogP contribution in [0.5, 0.6) is 5.75 Å². The molecule has 1 unspecified atom stereocenters. The lowest BCUT2D eigenvalue weighted by Gasteiger charge is -2.29. The largest absolute Gasteiger partial charge is 0.466 e. The second-order valence-electron chi connectivity index (χ2n) is 15.4. The summed E-state index contributed by atoms with van der Waals surface area (Å²) in [5.74, 6) is 0.0176. The molecule has 0 aliphatic heterocycles. The molecule has 2 aromatic rings. The Morgan fingerprint density at radius 3 is 1.98 bits per heavy atom. The molecule has 7 nitrogen and oxygen atoms in total. The average Bonchev–Trinajstić information content (AvgIpc) is 3.19. The minimum Gasteiger partial charge on any atom is -0.466 e. The van der Waals surface area contributed by atoms with Crippen LogP contribution in [0.4, 0.5) is 0 Å². The zero-order chi connectivity index (χ0) is 38.3. The van der Waals surface area contributed by atoms with E-state index in [0.29, 0.717) is 36.9 Å². The van der Waals surface area contributed by atoms with Gasteiger partial charge in [-0.15, -0.1) is 0 Å². The summed E-state index contributed by atoms with van der Waals surface area (Å²) in [7, 11) is 0. The summed E-state index contributed by atoms with van der Waals surface area (Å²) in [4.78, 5) is 38.5. The van der Waals surface area contributed by atoms with Crippen molar-refractivity contribution in [3.8, 4) is 5.75 Å². The van der Waals surface area contributed by atoms with Crippen molar-refractivity contribution in [3.63, 3.8) is 0 Å². The monoisotopic (exact) mass is 742 g/mol. The number of allylic oxidation sites excluding steroid dienone is 2. The molecule has 0 saturated heterocycles. The lowest BCUT2D eigenvalue weighted by Crippen LogP contribution is -2.42. The van der Waals surface area contributed by atoms with Crippen LogP contribution >= 0.6 is 0 Å². The molecular formula is C47H66O7. The molecule has 0 heterocycles. The van der Waals surface area contributed by atoms with Gasteiger partial charge < -0.3 is 18.9 Å². The van der Waals surface area contributed by atoms with E-state index in [1.165, 1.54) is 70.6 Å². The minimum atomic E-state index is -1.33. The third-order valence-corrected chi connectivity index (χ3v) is 10.8. The molecule has 54 heavy (non-hydrogen) atoms. The molecule has 0 radical (unpaired) electrons. The number of rotatable bonds is 25. The van der Waals surface area contributed by atoms with Crippen molar-refractivity contribution < 1.29 is 33.3 Å². The molecule has 2 aliphatic carbocycles. The molecule has 7 heteroatoms. The third kappa shape index (κ3) is 15.6. The first-order valence-corrected chi connectivity index (χ1v) is 21.1. The zero-order valence-corrected chi connectivity index (χ0v) is 33.2. The molecule has 0 amide bonds. The number of carbonyl (C=O) groups excluding carboxylic acids is 3. The van der Waals surface area contributed by atoms with Gasteiger partial charge in [0.1, 0.15) is 5.75 Å². The van der Waals surface area contributed by atoms with Crippen LogP contribution in [0.15, 0.2) is 78.9 Å². The predicted octanol–water partition coefficient (Wildman–Crippen LogP) is 11.8. The Hall–Kier alpha value is -3.71. The van der Waals surface area contributed by atoms with Gasteiger partial charge in [0.25, 0.3) is 0 Å². The smallest absolute Gasteiger partial charge is 0.351 e. The summed E-state index contributed by atoms with van der Waals surface area (Å²) in [6, 6.07) is 16.7. The van der Waals surface area contributed by atoms with E-state index < -0.39 is 11.6 Å². The van der Waals surface area contributed by atoms with Gasteiger partial charge in [0.05, 0.1) is 18.3 Å². The van der Waals surface area contributed by atoms with Gasteiger partial charge in [-0.3, -0.25) is 4.79 Å². The first-order valence-electron chi connectivity index (χ1n) is 21.1. The highest BCUT2D eigenvalue weighted by Crippen LogP contribution is 2.31. The minimum absolute atomic E-state index is 0.0103. The van der Waals surface area contributed by atoms with Crippen molar-refractivity contribution in [1.82, 2.24) is 0 Å². The number of benzene rings is 2. The van der Waals surface area contributed by atoms with E-state index >= 15 is 0 Å². The highest BCUT2D eigenvalue weighted by molar-refractivity contribution is 5.90. The number of ether oxygens (including phenoxy) is 4. The molecule has 2 aromatic carbocycles. The Balaban J connectivity index is 1.16. The maximum Gasteiger partial charge on any atom is 0.351 e. The number of unbranched alkanes of at least 4 members (excludes halogenated alkanes) is 11. The van der Waals surface area contributed by atoms with E-state index in [1.54, 1.807) is 24.3 Å². The molecule has 4 rings (SSSR count). The fraction of sp³-hybridized carbons (Fsp3) is 0.596. The average molecular weight is 743 g/mol. The van der Waals surface area contributed by atoms with Crippen molar-refractivity contribution in [3.05, 3.63) is 90.0 Å². The van der Waals surface area contributed by atoms with Crippen LogP contribution in [0.2, 0.25) is 0 Å². The van der Waals surface area contributed by atoms with Gasteiger partial charge in [0.15, 0.2) is 0 Å². The lowest BCUT2D eigenvalue weighted by atomic mass is 9.87. The predicted molar refractivity (Wildman–Crippen MR) is 216 cm³/mol. The molecule has 0 aromatic heterocycles. The van der Waals surface area contributed by atoms with Crippen LogP contribution in [0, 0.1) is 5.92 Å². The number of esters is 3. The number of hydrogen-bond acceptors (Lipinski definition) is 7. The topological polar surface area (TPSA) is 88.1 Å². The van der Waals surface area contributed by atoms with Crippen LogP contribution in [0.3, 0.4) is 0 Å². The van der Waals surface area contributed by atoms with Crippen LogP contribution in [-0.4, -0.2) is 42.8 Å². The molecular weight excluding hydrogens is 677 g/mol. The maximum atomic E-state index is 13.7. The second kappa shape index (κ2) is 24.6. The SMILES string of the molecule is CCCCCCC(C)OC(=O)c1ccc(OC(=O)C2(OCCCCCCCCCCCOC(=O)CC3CCCCC3)C=CC(c3ccccc3)C=C2)cc1. The van der Waals surface area contributed by atoms with Crippen LogP contribution in [0.25, 0.3) is 0 Å². The van der Waals surface area contributed by atoms with Gasteiger partial charge in [0.2, 0.25) is 5.60 Å². The van der Waals surface area contributed by atoms with Crippen molar-refractivity contribution in [1.29, 1.82) is 0 Å². The van der Waals surface area contributed by atoms with Gasteiger partial charge in [-0.2, -0.15) is 0 Å². The van der Waals surface area contributed by atoms with Crippen LogP contribution in [0.1, 0.15) is 164 Å². The first kappa shape index (κ1) is 43.0. The summed E-state index contributed by atoms with van der Waals surface area (Å²) in [5, 5.41) is 0. The molecule has 0 bridgehead atoms. The van der Waals surface area contributed by atoms with Crippen molar-refractivity contribution >= 4 is 17.9 Å². The molecule has 0 N–H and O–H groups in total. The van der Waals surface area contributed by atoms with Crippen LogP contribution in [-0.2, 0) is 23.8 Å². The summed E-state index contributed by atoms with van der Waals surface area (Å²) >= 11 is 0. The lowest BCUT2D eigenvalue weighted by molar-refractivity contribution is -0.151. The summed E-state index contributed by atoms with van der Waals surface area (Å²) < 4.78 is 23.3. The quantitative estimate of drug-likeness (QED) is 0.0433. The van der Waals surface area contributed by atoms with Gasteiger partial charge in [-0.25, -0.2) is 9.59 Å². The van der Waals surface area contributed by atoms with E-state index in [4.69, 9.17) is 18.9 Å². The Bertz CT molecular complexity index is 1410. The van der Waals surface area contributed by atoms with Crippen molar-refractivity contribution in [2.45, 2.75) is 160 Å². The Morgan fingerprint density at radius 2 is 1.33 bits per heavy atom. The maximum absolute atomic E-state index is 13.7. The van der Waals surface area contributed by atoms with Gasteiger partial charge in [0, 0.05) is 18.9 Å². The van der Waals surface area contributed by atoms with E-state index in [9.17, 15) is 14.4 Å². The molecule has 1 fully saturated rings. The molecule has 0 spiro atoms. The molecule has 1 atom stereocenters. The van der Waals surface area contributed by atoms with E-state index in [0.717, 1.165) is 56.9 Å². The number of hydrogen-bond donors (Lipinski definition) is 0. The van der Waals surface area contributed by atoms with Crippen molar-refractivity contribution in [2.75, 3.05) is 13.2 Å². The highest BCUT2D eigenvalue weighted by Gasteiger charge is 2.39. The van der Waals surface area contributed by atoms with Crippen LogP contribution < -0.4 is 4.74 Å². The summed E-state index contributed by atoms with van der Waals surface area (Å²) in [6.07, 6.45) is 29.4. The first-order chi connectivity index (χ1) is 26.4.